The molecule has 94 valence electrons. The van der Waals surface area contributed by atoms with Crippen molar-refractivity contribution in [3.8, 4) is 0 Å². The predicted molar refractivity (Wildman–Crippen MR) is 79.8 cm³/mol. The molecule has 18 heavy (non-hydrogen) atoms. The van der Waals surface area contributed by atoms with Gasteiger partial charge in [0.25, 0.3) is 0 Å². The smallest absolute Gasteiger partial charge is 0.0545 e. The van der Waals surface area contributed by atoms with Gasteiger partial charge < -0.3 is 5.73 Å². The normalized spacial score (nSPS) is 10.6. The summed E-state index contributed by atoms with van der Waals surface area (Å²) >= 11 is 13.8. The van der Waals surface area contributed by atoms with Gasteiger partial charge in [-0.2, -0.15) is 0 Å². The fourth-order valence-electron chi connectivity index (χ4n) is 1.64. The molecule has 4 heteroatoms. The molecular weight excluding hydrogens is 285 g/mol. The van der Waals surface area contributed by atoms with Crippen molar-refractivity contribution >= 4 is 35.0 Å². The molecule has 0 radical (unpaired) electrons. The molecule has 0 bridgehead atoms. The van der Waals surface area contributed by atoms with Crippen LogP contribution in [0.25, 0.3) is 0 Å². The van der Waals surface area contributed by atoms with Crippen LogP contribution in [0.1, 0.15) is 5.56 Å². The third kappa shape index (κ3) is 3.42. The molecule has 0 aliphatic heterocycles. The Balaban J connectivity index is 2.31. The van der Waals surface area contributed by atoms with Crippen molar-refractivity contribution in [2.75, 3.05) is 6.54 Å². The van der Waals surface area contributed by atoms with Crippen molar-refractivity contribution in [2.45, 2.75) is 16.2 Å². The van der Waals surface area contributed by atoms with Crippen LogP contribution in [0.3, 0.4) is 0 Å². The molecule has 2 N–H and O–H groups in total. The lowest BCUT2D eigenvalue weighted by molar-refractivity contribution is 0.944. The minimum Gasteiger partial charge on any atom is -0.330 e. The number of benzene rings is 2. The zero-order chi connectivity index (χ0) is 13.0. The topological polar surface area (TPSA) is 26.0 Å². The van der Waals surface area contributed by atoms with Crippen LogP contribution in [-0.2, 0) is 6.42 Å². The SMILES string of the molecule is NCCc1cc(Cl)ccc1Sc1ccccc1Cl. The van der Waals surface area contributed by atoms with Crippen LogP contribution in [0.2, 0.25) is 10.0 Å². The maximum atomic E-state index is 6.16. The molecule has 0 unspecified atom stereocenters. The van der Waals surface area contributed by atoms with Crippen molar-refractivity contribution in [1.29, 1.82) is 0 Å². The van der Waals surface area contributed by atoms with Gasteiger partial charge in [-0.25, -0.2) is 0 Å². The highest BCUT2D eigenvalue weighted by Crippen LogP contribution is 2.35. The van der Waals surface area contributed by atoms with Crippen molar-refractivity contribution in [3.63, 3.8) is 0 Å². The molecule has 0 aromatic heterocycles. The second kappa shape index (κ2) is 6.48. The lowest BCUT2D eigenvalue weighted by atomic mass is 10.1. The van der Waals surface area contributed by atoms with E-state index in [9.17, 15) is 0 Å². The Morgan fingerprint density at radius 1 is 1.00 bits per heavy atom. The van der Waals surface area contributed by atoms with E-state index in [0.717, 1.165) is 31.8 Å². The summed E-state index contributed by atoms with van der Waals surface area (Å²) in [6, 6.07) is 13.7. The Morgan fingerprint density at radius 3 is 2.50 bits per heavy atom. The molecule has 2 aromatic rings. The molecule has 0 aliphatic carbocycles. The first kappa shape index (κ1) is 13.8. The van der Waals surface area contributed by atoms with Gasteiger partial charge in [0, 0.05) is 14.8 Å². The van der Waals surface area contributed by atoms with Gasteiger partial charge in [-0.3, -0.25) is 0 Å². The van der Waals surface area contributed by atoms with Crippen LogP contribution >= 0.6 is 35.0 Å². The highest BCUT2D eigenvalue weighted by atomic mass is 35.5. The van der Waals surface area contributed by atoms with Gasteiger partial charge in [0.1, 0.15) is 0 Å². The third-order valence-electron chi connectivity index (χ3n) is 2.49. The Kier molecular flexibility index (Phi) is 4.95. The van der Waals surface area contributed by atoms with Crippen molar-refractivity contribution < 1.29 is 0 Å². The molecule has 2 aromatic carbocycles. The Labute approximate surface area is 121 Å². The largest absolute Gasteiger partial charge is 0.330 e. The van der Waals surface area contributed by atoms with Crippen LogP contribution in [-0.4, -0.2) is 6.54 Å². The second-order valence-corrected chi connectivity index (χ2v) is 5.75. The number of hydrogen-bond acceptors (Lipinski definition) is 2. The summed E-state index contributed by atoms with van der Waals surface area (Å²) < 4.78 is 0. The van der Waals surface area contributed by atoms with Gasteiger partial charge in [-0.15, -0.1) is 0 Å². The summed E-state index contributed by atoms with van der Waals surface area (Å²) in [5.41, 5.74) is 6.79. The lowest BCUT2D eigenvalue weighted by Crippen LogP contribution is -2.03. The molecule has 0 spiro atoms. The van der Waals surface area contributed by atoms with E-state index in [2.05, 4.69) is 0 Å². The highest BCUT2D eigenvalue weighted by molar-refractivity contribution is 7.99. The van der Waals surface area contributed by atoms with E-state index in [1.807, 2.05) is 42.5 Å². The van der Waals surface area contributed by atoms with Crippen LogP contribution in [0.4, 0.5) is 0 Å². The maximum Gasteiger partial charge on any atom is 0.0545 e. The molecule has 0 heterocycles. The number of hydrogen-bond donors (Lipinski definition) is 1. The van der Waals surface area contributed by atoms with Gasteiger partial charge in [0.05, 0.1) is 5.02 Å². The van der Waals surface area contributed by atoms with Crippen molar-refractivity contribution in [1.82, 2.24) is 0 Å². The average Bonchev–Trinajstić information content (AvgIpc) is 2.35. The van der Waals surface area contributed by atoms with Gasteiger partial charge in [-0.05, 0) is 48.9 Å². The van der Waals surface area contributed by atoms with E-state index in [-0.39, 0.29) is 0 Å². The second-order valence-electron chi connectivity index (χ2n) is 3.82. The minimum absolute atomic E-state index is 0.608. The lowest BCUT2D eigenvalue weighted by Gasteiger charge is -2.10. The van der Waals surface area contributed by atoms with Crippen molar-refractivity contribution in [2.24, 2.45) is 5.73 Å². The average molecular weight is 298 g/mol. The Bertz CT molecular complexity index is 543. The van der Waals surface area contributed by atoms with Crippen LogP contribution in [0.15, 0.2) is 52.3 Å². The molecule has 0 amide bonds. The zero-order valence-electron chi connectivity index (χ0n) is 9.70. The Hall–Kier alpha value is -0.670. The molecule has 0 aliphatic rings. The molecule has 1 nitrogen and oxygen atoms in total. The molecule has 0 saturated carbocycles. The molecule has 2 rings (SSSR count). The first-order valence-corrected chi connectivity index (χ1v) is 7.19. The van der Waals surface area contributed by atoms with Gasteiger partial charge in [0.2, 0.25) is 0 Å². The summed E-state index contributed by atoms with van der Waals surface area (Å²) in [5, 5.41) is 1.50. The summed E-state index contributed by atoms with van der Waals surface area (Å²) in [7, 11) is 0. The number of nitrogens with two attached hydrogens (primary N) is 1. The van der Waals surface area contributed by atoms with Gasteiger partial charge in [-0.1, -0.05) is 47.1 Å². The monoisotopic (exact) mass is 297 g/mol. The van der Waals surface area contributed by atoms with Gasteiger partial charge in [0.15, 0.2) is 0 Å². The van der Waals surface area contributed by atoms with E-state index < -0.39 is 0 Å². The van der Waals surface area contributed by atoms with E-state index in [0.29, 0.717) is 6.54 Å². The quantitative estimate of drug-likeness (QED) is 0.889. The first-order chi connectivity index (χ1) is 8.70. The van der Waals surface area contributed by atoms with E-state index in [1.54, 1.807) is 11.8 Å². The minimum atomic E-state index is 0.608. The summed E-state index contributed by atoms with van der Waals surface area (Å²) in [4.78, 5) is 2.19. The fraction of sp³-hybridized carbons (Fsp3) is 0.143. The third-order valence-corrected chi connectivity index (χ3v) is 4.36. The van der Waals surface area contributed by atoms with Crippen molar-refractivity contribution in [3.05, 3.63) is 58.1 Å². The molecule has 0 fully saturated rings. The van der Waals surface area contributed by atoms with E-state index in [1.165, 1.54) is 0 Å². The number of halogens is 2. The highest BCUT2D eigenvalue weighted by Gasteiger charge is 2.07. The molecular formula is C14H13Cl2NS. The fourth-order valence-corrected chi connectivity index (χ4v) is 3.07. The zero-order valence-corrected chi connectivity index (χ0v) is 12.0. The molecule has 0 atom stereocenters. The van der Waals surface area contributed by atoms with E-state index >= 15 is 0 Å². The number of rotatable bonds is 4. The first-order valence-electron chi connectivity index (χ1n) is 5.61. The maximum absolute atomic E-state index is 6.16. The van der Waals surface area contributed by atoms with Crippen LogP contribution in [0, 0.1) is 0 Å². The summed E-state index contributed by atoms with van der Waals surface area (Å²) in [6.45, 7) is 0.608. The standard InChI is InChI=1S/C14H13Cl2NS/c15-11-5-6-13(10(9-11)7-8-17)18-14-4-2-1-3-12(14)16/h1-6,9H,7-8,17H2. The van der Waals surface area contributed by atoms with E-state index in [4.69, 9.17) is 28.9 Å². The van der Waals surface area contributed by atoms with Crippen LogP contribution < -0.4 is 5.73 Å². The Morgan fingerprint density at radius 2 is 1.78 bits per heavy atom. The summed E-state index contributed by atoms with van der Waals surface area (Å²) in [5.74, 6) is 0. The van der Waals surface area contributed by atoms with Gasteiger partial charge >= 0.3 is 0 Å². The predicted octanol–water partition coefficient (Wildman–Crippen LogP) is 4.65. The summed E-state index contributed by atoms with van der Waals surface area (Å²) in [6.07, 6.45) is 0.813. The van der Waals surface area contributed by atoms with Crippen LogP contribution in [0.5, 0.6) is 0 Å². The molecule has 0 saturated heterocycles.